The van der Waals surface area contributed by atoms with E-state index in [9.17, 15) is 18.4 Å². The van der Waals surface area contributed by atoms with Crippen LogP contribution in [0, 0.1) is 0 Å². The number of carboxylic acid groups (broad SMARTS) is 1. The molecule has 1 rings (SSSR count). The van der Waals surface area contributed by atoms with Gasteiger partial charge < -0.3 is 14.6 Å². The molecule has 0 atom stereocenters. The topological polar surface area (TPSA) is 63.6 Å². The highest BCUT2D eigenvalue weighted by atomic mass is 19.3. The lowest BCUT2D eigenvalue weighted by Crippen LogP contribution is -2.05. The number of aromatic carboxylic acids is 1. The molecule has 0 saturated carbocycles. The number of aldehydes is 1. The largest absolute Gasteiger partial charge is 0.478 e. The smallest absolute Gasteiger partial charge is 0.387 e. The summed E-state index contributed by atoms with van der Waals surface area (Å²) in [6.07, 6.45) is 0.494. The van der Waals surface area contributed by atoms with Crippen LogP contribution in [0.2, 0.25) is 0 Å². The summed E-state index contributed by atoms with van der Waals surface area (Å²) >= 11 is 0. The first-order chi connectivity index (χ1) is 7.52. The molecule has 1 aromatic rings. The summed E-state index contributed by atoms with van der Waals surface area (Å²) < 4.78 is 27.9. The van der Waals surface area contributed by atoms with Crippen molar-refractivity contribution in [3.63, 3.8) is 0 Å². The lowest BCUT2D eigenvalue weighted by molar-refractivity contribution is -0.107. The highest BCUT2D eigenvalue weighted by Crippen LogP contribution is 2.19. The van der Waals surface area contributed by atoms with Gasteiger partial charge in [0.15, 0.2) is 0 Å². The lowest BCUT2D eigenvalue weighted by atomic mass is 10.1. The normalized spacial score (nSPS) is 10.2. The van der Waals surface area contributed by atoms with Gasteiger partial charge in [-0.3, -0.25) is 0 Å². The van der Waals surface area contributed by atoms with Gasteiger partial charge in [-0.25, -0.2) is 4.79 Å². The van der Waals surface area contributed by atoms with Gasteiger partial charge >= 0.3 is 12.6 Å². The number of halogens is 2. The van der Waals surface area contributed by atoms with Crippen LogP contribution in [0.4, 0.5) is 8.78 Å². The average Bonchev–Trinajstić information content (AvgIpc) is 2.16. The van der Waals surface area contributed by atoms with Gasteiger partial charge in [-0.1, -0.05) is 0 Å². The summed E-state index contributed by atoms with van der Waals surface area (Å²) in [5.41, 5.74) is 0.112. The van der Waals surface area contributed by atoms with E-state index in [0.717, 1.165) is 6.07 Å². The third-order valence-electron chi connectivity index (χ3n) is 1.76. The number of benzene rings is 1. The van der Waals surface area contributed by atoms with Gasteiger partial charge in [0.1, 0.15) is 12.0 Å². The SMILES string of the molecule is O=CCc1cc(OC(F)F)cc(C(=O)O)c1. The van der Waals surface area contributed by atoms with Gasteiger partial charge in [-0.2, -0.15) is 8.78 Å². The molecule has 0 heterocycles. The number of carboxylic acids is 1. The molecule has 0 aliphatic heterocycles. The summed E-state index contributed by atoms with van der Waals surface area (Å²) in [5, 5.41) is 8.70. The number of ether oxygens (including phenoxy) is 1. The van der Waals surface area contributed by atoms with Gasteiger partial charge in [0.05, 0.1) is 5.56 Å². The minimum Gasteiger partial charge on any atom is -0.478 e. The van der Waals surface area contributed by atoms with Crippen LogP contribution in [-0.2, 0) is 11.2 Å². The van der Waals surface area contributed by atoms with E-state index in [2.05, 4.69) is 4.74 Å². The van der Waals surface area contributed by atoms with Gasteiger partial charge in [-0.05, 0) is 23.8 Å². The van der Waals surface area contributed by atoms with Gasteiger partial charge in [0.25, 0.3) is 0 Å². The molecule has 0 spiro atoms. The zero-order chi connectivity index (χ0) is 12.1. The molecule has 0 aliphatic carbocycles. The summed E-state index contributed by atoms with van der Waals surface area (Å²) in [6, 6.07) is 3.41. The summed E-state index contributed by atoms with van der Waals surface area (Å²) in [4.78, 5) is 20.9. The number of hydrogen-bond acceptors (Lipinski definition) is 3. The second-order valence-corrected chi connectivity index (χ2v) is 2.92. The Morgan fingerprint density at radius 3 is 2.62 bits per heavy atom. The maximum Gasteiger partial charge on any atom is 0.387 e. The Bertz CT molecular complexity index is 404. The minimum absolute atomic E-state index is 0.0548. The van der Waals surface area contributed by atoms with Crippen molar-refractivity contribution >= 4 is 12.3 Å². The third kappa shape index (κ3) is 3.30. The van der Waals surface area contributed by atoms with Crippen molar-refractivity contribution < 1.29 is 28.2 Å². The number of carbonyl (C=O) groups is 2. The molecule has 0 radical (unpaired) electrons. The van der Waals surface area contributed by atoms with Crippen LogP contribution >= 0.6 is 0 Å². The van der Waals surface area contributed by atoms with Crippen LogP contribution in [0.1, 0.15) is 15.9 Å². The molecule has 1 aromatic carbocycles. The molecule has 0 unspecified atom stereocenters. The highest BCUT2D eigenvalue weighted by Gasteiger charge is 2.10. The summed E-state index contributed by atoms with van der Waals surface area (Å²) in [5.74, 6) is -1.54. The van der Waals surface area contributed by atoms with Crippen molar-refractivity contribution in [2.75, 3.05) is 0 Å². The molecule has 1 N–H and O–H groups in total. The molecule has 6 heteroatoms. The van der Waals surface area contributed by atoms with Gasteiger partial charge in [0, 0.05) is 6.42 Å². The number of alkyl halides is 2. The lowest BCUT2D eigenvalue weighted by Gasteiger charge is -2.07. The molecule has 16 heavy (non-hydrogen) atoms. The molecule has 0 aromatic heterocycles. The number of hydrogen-bond donors (Lipinski definition) is 1. The Morgan fingerprint density at radius 2 is 2.12 bits per heavy atom. The fourth-order valence-corrected chi connectivity index (χ4v) is 1.17. The van der Waals surface area contributed by atoms with Crippen molar-refractivity contribution in [2.24, 2.45) is 0 Å². The van der Waals surface area contributed by atoms with Crippen LogP contribution in [0.25, 0.3) is 0 Å². The average molecular weight is 230 g/mol. The first-order valence-electron chi connectivity index (χ1n) is 4.28. The maximum atomic E-state index is 11.9. The Hall–Kier alpha value is -1.98. The van der Waals surface area contributed by atoms with Crippen LogP contribution in [0.15, 0.2) is 18.2 Å². The molecule has 0 amide bonds. The van der Waals surface area contributed by atoms with E-state index < -0.39 is 12.6 Å². The maximum absolute atomic E-state index is 11.9. The van der Waals surface area contributed by atoms with Gasteiger partial charge in [0.2, 0.25) is 0 Å². The monoisotopic (exact) mass is 230 g/mol. The van der Waals surface area contributed by atoms with Crippen molar-refractivity contribution in [3.05, 3.63) is 29.3 Å². The Balaban J connectivity index is 3.07. The van der Waals surface area contributed by atoms with Crippen LogP contribution in [0.3, 0.4) is 0 Å². The highest BCUT2D eigenvalue weighted by molar-refractivity contribution is 5.88. The summed E-state index contributed by atoms with van der Waals surface area (Å²) in [7, 11) is 0. The molecule has 0 fully saturated rings. The standard InChI is InChI=1S/C10H8F2O4/c11-10(12)16-8-4-6(1-2-13)3-7(5-8)9(14)15/h2-5,10H,1H2,(H,14,15). The molecule has 0 aliphatic rings. The first-order valence-corrected chi connectivity index (χ1v) is 4.28. The fraction of sp³-hybridized carbons (Fsp3) is 0.200. The van der Waals surface area contributed by atoms with E-state index in [0.29, 0.717) is 11.8 Å². The van der Waals surface area contributed by atoms with Crippen LogP contribution < -0.4 is 4.74 Å². The Morgan fingerprint density at radius 1 is 1.44 bits per heavy atom. The van der Waals surface area contributed by atoms with E-state index in [-0.39, 0.29) is 17.7 Å². The second kappa shape index (κ2) is 5.20. The second-order valence-electron chi connectivity index (χ2n) is 2.92. The van der Waals surface area contributed by atoms with E-state index in [4.69, 9.17) is 5.11 Å². The van der Waals surface area contributed by atoms with Crippen molar-refractivity contribution in [1.29, 1.82) is 0 Å². The Kier molecular flexibility index (Phi) is 3.93. The molecule has 0 saturated heterocycles. The van der Waals surface area contributed by atoms with Crippen molar-refractivity contribution in [3.8, 4) is 5.75 Å². The van der Waals surface area contributed by atoms with E-state index in [1.165, 1.54) is 12.1 Å². The van der Waals surface area contributed by atoms with Crippen LogP contribution in [-0.4, -0.2) is 24.0 Å². The Labute approximate surface area is 89.5 Å². The van der Waals surface area contributed by atoms with Crippen LogP contribution in [0.5, 0.6) is 5.75 Å². The van der Waals surface area contributed by atoms with E-state index >= 15 is 0 Å². The number of carbonyl (C=O) groups excluding carboxylic acids is 1. The minimum atomic E-state index is -3.03. The zero-order valence-corrected chi connectivity index (χ0v) is 8.02. The first kappa shape index (κ1) is 12.1. The molecular weight excluding hydrogens is 222 g/mol. The zero-order valence-electron chi connectivity index (χ0n) is 8.02. The molecule has 86 valence electrons. The fourth-order valence-electron chi connectivity index (χ4n) is 1.17. The van der Waals surface area contributed by atoms with E-state index in [1.807, 2.05) is 0 Å². The van der Waals surface area contributed by atoms with Crippen molar-refractivity contribution in [1.82, 2.24) is 0 Å². The van der Waals surface area contributed by atoms with Crippen molar-refractivity contribution in [2.45, 2.75) is 13.0 Å². The van der Waals surface area contributed by atoms with Gasteiger partial charge in [-0.15, -0.1) is 0 Å². The van der Waals surface area contributed by atoms with E-state index in [1.54, 1.807) is 0 Å². The molecule has 4 nitrogen and oxygen atoms in total. The predicted octanol–water partition coefficient (Wildman–Crippen LogP) is 1.73. The third-order valence-corrected chi connectivity index (χ3v) is 1.76. The predicted molar refractivity (Wildman–Crippen MR) is 49.8 cm³/mol. The molecule has 0 bridgehead atoms. The number of rotatable bonds is 5. The summed E-state index contributed by atoms with van der Waals surface area (Å²) in [6.45, 7) is -3.03. The molecular formula is C10H8F2O4. The quantitative estimate of drug-likeness (QED) is 0.782.